The topological polar surface area (TPSA) is 61.1 Å². The van der Waals surface area contributed by atoms with E-state index in [-0.39, 0.29) is 5.41 Å². The predicted octanol–water partition coefficient (Wildman–Crippen LogP) is 4.27. The molecule has 0 bridgehead atoms. The second-order valence-electron chi connectivity index (χ2n) is 6.78. The van der Waals surface area contributed by atoms with E-state index in [2.05, 4.69) is 26.8 Å². The van der Waals surface area contributed by atoms with Gasteiger partial charge in [0.2, 0.25) is 0 Å². The van der Waals surface area contributed by atoms with E-state index in [0.717, 1.165) is 11.1 Å². The SMILES string of the molecule is CC(C)(C)c1ccc(C(Cc2ccc(C#N)cc2)C(=O)O)cc1. The van der Waals surface area contributed by atoms with Crippen molar-refractivity contribution in [3.8, 4) is 6.07 Å². The van der Waals surface area contributed by atoms with Gasteiger partial charge in [0, 0.05) is 0 Å². The molecule has 2 aromatic rings. The molecule has 0 amide bonds. The second-order valence-corrected chi connectivity index (χ2v) is 6.78. The van der Waals surface area contributed by atoms with E-state index in [1.54, 1.807) is 12.1 Å². The molecule has 0 aliphatic carbocycles. The van der Waals surface area contributed by atoms with E-state index in [4.69, 9.17) is 5.26 Å². The predicted molar refractivity (Wildman–Crippen MR) is 90.4 cm³/mol. The number of nitriles is 1. The molecule has 3 nitrogen and oxygen atoms in total. The van der Waals surface area contributed by atoms with Crippen LogP contribution in [0.1, 0.15) is 48.9 Å². The first-order valence-corrected chi connectivity index (χ1v) is 7.63. The Morgan fingerprint density at radius 2 is 1.65 bits per heavy atom. The lowest BCUT2D eigenvalue weighted by Gasteiger charge is -2.20. The van der Waals surface area contributed by atoms with Crippen LogP contribution in [0.15, 0.2) is 48.5 Å². The Hall–Kier alpha value is -2.60. The van der Waals surface area contributed by atoms with Crippen molar-refractivity contribution in [2.24, 2.45) is 0 Å². The Morgan fingerprint density at radius 1 is 1.09 bits per heavy atom. The van der Waals surface area contributed by atoms with Gasteiger partial charge in [-0.15, -0.1) is 0 Å². The Labute approximate surface area is 137 Å². The Morgan fingerprint density at radius 3 is 2.09 bits per heavy atom. The highest BCUT2D eigenvalue weighted by Crippen LogP contribution is 2.26. The van der Waals surface area contributed by atoms with Crippen LogP contribution in [0.5, 0.6) is 0 Å². The van der Waals surface area contributed by atoms with Crippen molar-refractivity contribution in [2.75, 3.05) is 0 Å². The lowest BCUT2D eigenvalue weighted by molar-refractivity contribution is -0.138. The summed E-state index contributed by atoms with van der Waals surface area (Å²) in [5, 5.41) is 18.4. The molecule has 3 heteroatoms. The quantitative estimate of drug-likeness (QED) is 0.917. The molecule has 0 heterocycles. The normalized spacial score (nSPS) is 12.4. The molecule has 2 aromatic carbocycles. The summed E-state index contributed by atoms with van der Waals surface area (Å²) >= 11 is 0. The fraction of sp³-hybridized carbons (Fsp3) is 0.300. The molecule has 23 heavy (non-hydrogen) atoms. The lowest BCUT2D eigenvalue weighted by Crippen LogP contribution is -2.16. The molecular formula is C20H21NO2. The third-order valence-corrected chi connectivity index (χ3v) is 4.00. The van der Waals surface area contributed by atoms with Crippen molar-refractivity contribution in [1.29, 1.82) is 5.26 Å². The number of carboxylic acids is 1. The molecule has 0 aliphatic heterocycles. The van der Waals surface area contributed by atoms with Crippen LogP contribution >= 0.6 is 0 Å². The Balaban J connectivity index is 2.24. The first kappa shape index (κ1) is 16.8. The molecule has 0 fully saturated rings. The van der Waals surface area contributed by atoms with Gasteiger partial charge in [0.25, 0.3) is 0 Å². The van der Waals surface area contributed by atoms with Crippen molar-refractivity contribution in [3.63, 3.8) is 0 Å². The van der Waals surface area contributed by atoms with Crippen LogP contribution in [0.3, 0.4) is 0 Å². The Bertz CT molecular complexity index is 716. The van der Waals surface area contributed by atoms with Gasteiger partial charge >= 0.3 is 5.97 Å². The minimum atomic E-state index is -0.835. The standard InChI is InChI=1S/C20H21NO2/c1-20(2,3)17-10-8-16(9-11-17)18(19(22)23)12-14-4-6-15(13-21)7-5-14/h4-11,18H,12H2,1-3H3,(H,22,23). The average Bonchev–Trinajstić information content (AvgIpc) is 2.52. The first-order chi connectivity index (χ1) is 10.8. The van der Waals surface area contributed by atoms with Crippen molar-refractivity contribution in [3.05, 3.63) is 70.8 Å². The van der Waals surface area contributed by atoms with E-state index in [9.17, 15) is 9.90 Å². The highest BCUT2D eigenvalue weighted by molar-refractivity contribution is 5.76. The lowest BCUT2D eigenvalue weighted by atomic mass is 9.84. The number of hydrogen-bond acceptors (Lipinski definition) is 2. The van der Waals surface area contributed by atoms with Gasteiger partial charge < -0.3 is 5.11 Å². The summed E-state index contributed by atoms with van der Waals surface area (Å²) < 4.78 is 0. The molecule has 0 aliphatic rings. The molecule has 2 rings (SSSR count). The van der Waals surface area contributed by atoms with Crippen LogP contribution in [0, 0.1) is 11.3 Å². The molecule has 0 saturated carbocycles. The minimum absolute atomic E-state index is 0.0460. The van der Waals surface area contributed by atoms with E-state index < -0.39 is 11.9 Å². The summed E-state index contributed by atoms with van der Waals surface area (Å²) in [4.78, 5) is 11.7. The minimum Gasteiger partial charge on any atom is -0.481 e. The zero-order valence-electron chi connectivity index (χ0n) is 13.7. The summed E-state index contributed by atoms with van der Waals surface area (Å²) in [6.07, 6.45) is 0.413. The number of hydrogen-bond donors (Lipinski definition) is 1. The van der Waals surface area contributed by atoms with Crippen molar-refractivity contribution >= 4 is 5.97 Å². The number of benzene rings is 2. The fourth-order valence-electron chi connectivity index (χ4n) is 2.51. The first-order valence-electron chi connectivity index (χ1n) is 7.63. The maximum absolute atomic E-state index is 11.7. The average molecular weight is 307 g/mol. The summed E-state index contributed by atoms with van der Waals surface area (Å²) in [6.45, 7) is 6.40. The third-order valence-electron chi connectivity index (χ3n) is 4.00. The molecule has 0 aromatic heterocycles. The van der Waals surface area contributed by atoms with Crippen LogP contribution in [-0.4, -0.2) is 11.1 Å². The van der Waals surface area contributed by atoms with E-state index >= 15 is 0 Å². The van der Waals surface area contributed by atoms with Crippen LogP contribution in [0.2, 0.25) is 0 Å². The van der Waals surface area contributed by atoms with Gasteiger partial charge in [0.05, 0.1) is 17.6 Å². The van der Waals surface area contributed by atoms with Crippen LogP contribution < -0.4 is 0 Å². The molecule has 1 N–H and O–H groups in total. The molecule has 1 atom stereocenters. The molecule has 0 radical (unpaired) electrons. The highest BCUT2D eigenvalue weighted by atomic mass is 16.4. The highest BCUT2D eigenvalue weighted by Gasteiger charge is 2.21. The molecule has 0 spiro atoms. The molecule has 118 valence electrons. The number of nitrogens with zero attached hydrogens (tertiary/aromatic N) is 1. The van der Waals surface area contributed by atoms with Gasteiger partial charge in [0.15, 0.2) is 0 Å². The second kappa shape index (κ2) is 6.66. The molecule has 0 saturated heterocycles. The smallest absolute Gasteiger partial charge is 0.311 e. The van der Waals surface area contributed by atoms with Gasteiger partial charge in [-0.3, -0.25) is 4.79 Å². The summed E-state index contributed by atoms with van der Waals surface area (Å²) in [7, 11) is 0. The van der Waals surface area contributed by atoms with Crippen LogP contribution in [-0.2, 0) is 16.6 Å². The van der Waals surface area contributed by atoms with Gasteiger partial charge in [-0.25, -0.2) is 0 Å². The van der Waals surface area contributed by atoms with E-state index in [0.29, 0.717) is 12.0 Å². The number of carbonyl (C=O) groups is 1. The monoisotopic (exact) mass is 307 g/mol. The summed E-state index contributed by atoms with van der Waals surface area (Å²) in [5.41, 5.74) is 3.52. The van der Waals surface area contributed by atoms with Gasteiger partial charge in [-0.2, -0.15) is 5.26 Å². The van der Waals surface area contributed by atoms with Gasteiger partial charge in [0.1, 0.15) is 0 Å². The van der Waals surface area contributed by atoms with Crippen molar-refractivity contribution in [1.82, 2.24) is 0 Å². The maximum Gasteiger partial charge on any atom is 0.311 e. The number of aliphatic carboxylic acids is 1. The van der Waals surface area contributed by atoms with Crippen molar-refractivity contribution in [2.45, 2.75) is 38.5 Å². The zero-order chi connectivity index (χ0) is 17.0. The van der Waals surface area contributed by atoms with Crippen LogP contribution in [0.4, 0.5) is 0 Å². The molecular weight excluding hydrogens is 286 g/mol. The van der Waals surface area contributed by atoms with Gasteiger partial charge in [-0.1, -0.05) is 57.2 Å². The maximum atomic E-state index is 11.7. The van der Waals surface area contributed by atoms with Crippen LogP contribution in [0.25, 0.3) is 0 Å². The summed E-state index contributed by atoms with van der Waals surface area (Å²) in [6, 6.07) is 17.0. The number of carboxylic acid groups (broad SMARTS) is 1. The summed E-state index contributed by atoms with van der Waals surface area (Å²) in [5.74, 6) is -1.42. The Kier molecular flexibility index (Phi) is 4.86. The molecule has 1 unspecified atom stereocenters. The van der Waals surface area contributed by atoms with Gasteiger partial charge in [-0.05, 0) is 40.7 Å². The van der Waals surface area contributed by atoms with Crippen molar-refractivity contribution < 1.29 is 9.90 Å². The fourth-order valence-corrected chi connectivity index (χ4v) is 2.51. The van der Waals surface area contributed by atoms with E-state index in [1.807, 2.05) is 36.4 Å². The van der Waals surface area contributed by atoms with E-state index in [1.165, 1.54) is 5.56 Å². The third kappa shape index (κ3) is 4.20. The zero-order valence-corrected chi connectivity index (χ0v) is 13.7. The largest absolute Gasteiger partial charge is 0.481 e. The number of rotatable bonds is 4.